The van der Waals surface area contributed by atoms with Gasteiger partial charge >= 0.3 is 5.97 Å². The average molecular weight is 412 g/mol. The largest absolute Gasteiger partial charge is 0.489 e. The molecule has 3 aromatic carbocycles. The van der Waals surface area contributed by atoms with Gasteiger partial charge in [-0.25, -0.2) is 4.79 Å². The molecule has 0 saturated heterocycles. The van der Waals surface area contributed by atoms with E-state index in [0.717, 1.165) is 22.4 Å². The summed E-state index contributed by atoms with van der Waals surface area (Å²) in [7, 11) is 1.36. The molecule has 0 aliphatic rings. The Balaban J connectivity index is 1.37. The van der Waals surface area contributed by atoms with Gasteiger partial charge in [0.1, 0.15) is 18.7 Å². The number of hydrogen-bond donors (Lipinski definition) is 0. The third-order valence-electron chi connectivity index (χ3n) is 4.55. The second-order valence-electron chi connectivity index (χ2n) is 6.66. The maximum absolute atomic E-state index is 11.5. The molecule has 4 rings (SSSR count). The van der Waals surface area contributed by atoms with Gasteiger partial charge in [0.25, 0.3) is 0 Å². The Morgan fingerprint density at radius 3 is 2.45 bits per heavy atom. The van der Waals surface area contributed by atoms with Crippen LogP contribution in [-0.4, -0.2) is 34.2 Å². The van der Waals surface area contributed by atoms with E-state index in [0.29, 0.717) is 18.0 Å². The predicted octanol–water partition coefficient (Wildman–Crippen LogP) is 4.19. The number of carbonyl (C=O) groups is 1. The van der Waals surface area contributed by atoms with Gasteiger partial charge in [0, 0.05) is 5.56 Å². The van der Waals surface area contributed by atoms with Gasteiger partial charge in [-0.3, -0.25) is 0 Å². The highest BCUT2D eigenvalue weighted by Gasteiger charge is 2.06. The molecule has 0 aliphatic heterocycles. The van der Waals surface area contributed by atoms with Crippen molar-refractivity contribution in [3.8, 4) is 17.1 Å². The molecular weight excluding hydrogens is 392 g/mol. The van der Waals surface area contributed by atoms with Crippen LogP contribution in [0.15, 0.2) is 90.3 Å². The summed E-state index contributed by atoms with van der Waals surface area (Å²) in [6, 6.07) is 24.5. The Hall–Kier alpha value is -4.26. The van der Waals surface area contributed by atoms with Gasteiger partial charge < -0.3 is 9.47 Å². The smallest absolute Gasteiger partial charge is 0.337 e. The van der Waals surface area contributed by atoms with Crippen molar-refractivity contribution >= 4 is 12.2 Å². The highest BCUT2D eigenvalue weighted by Crippen LogP contribution is 2.17. The molecular formula is C24H20N4O3. The minimum Gasteiger partial charge on any atom is -0.489 e. The van der Waals surface area contributed by atoms with Crippen LogP contribution >= 0.6 is 0 Å². The monoisotopic (exact) mass is 412 g/mol. The number of rotatable bonds is 7. The lowest BCUT2D eigenvalue weighted by molar-refractivity contribution is 0.0600. The van der Waals surface area contributed by atoms with E-state index in [-0.39, 0.29) is 5.97 Å². The van der Waals surface area contributed by atoms with Crippen molar-refractivity contribution in [2.45, 2.75) is 6.61 Å². The Morgan fingerprint density at radius 2 is 1.74 bits per heavy atom. The first-order chi connectivity index (χ1) is 15.2. The summed E-state index contributed by atoms with van der Waals surface area (Å²) in [5, 5.41) is 12.5. The SMILES string of the molecule is COC(=O)c1ccc(COc2ccc(/C=N\n3cnnc3-c3ccccc3)cc2)cc1. The Morgan fingerprint density at radius 1 is 1.00 bits per heavy atom. The van der Waals surface area contributed by atoms with Gasteiger partial charge in [-0.15, -0.1) is 10.2 Å². The molecule has 31 heavy (non-hydrogen) atoms. The molecule has 7 heteroatoms. The van der Waals surface area contributed by atoms with Crippen LogP contribution in [0.2, 0.25) is 0 Å². The number of methoxy groups -OCH3 is 1. The number of benzene rings is 3. The molecule has 1 heterocycles. The van der Waals surface area contributed by atoms with Gasteiger partial charge in [-0.05, 0) is 47.5 Å². The Labute approximate surface area is 179 Å². The van der Waals surface area contributed by atoms with Crippen LogP contribution in [0.3, 0.4) is 0 Å². The number of hydrogen-bond acceptors (Lipinski definition) is 6. The fourth-order valence-electron chi connectivity index (χ4n) is 2.89. The van der Waals surface area contributed by atoms with Gasteiger partial charge in [0.2, 0.25) is 0 Å². The molecule has 0 aliphatic carbocycles. The quantitative estimate of drug-likeness (QED) is 0.336. The zero-order valence-corrected chi connectivity index (χ0v) is 16.9. The lowest BCUT2D eigenvalue weighted by Crippen LogP contribution is -2.02. The maximum Gasteiger partial charge on any atom is 0.337 e. The van der Waals surface area contributed by atoms with Crippen molar-refractivity contribution in [2.75, 3.05) is 7.11 Å². The first kappa shape index (κ1) is 20.0. The molecule has 0 spiro atoms. The summed E-state index contributed by atoms with van der Waals surface area (Å²) in [5.41, 5.74) is 3.33. The molecule has 1 aromatic heterocycles. The van der Waals surface area contributed by atoms with Gasteiger partial charge in [0.05, 0.1) is 18.9 Å². The van der Waals surface area contributed by atoms with Gasteiger partial charge in [-0.1, -0.05) is 42.5 Å². The van der Waals surface area contributed by atoms with Crippen LogP contribution in [0.4, 0.5) is 0 Å². The van der Waals surface area contributed by atoms with Crippen LogP contribution in [0.5, 0.6) is 5.75 Å². The van der Waals surface area contributed by atoms with E-state index < -0.39 is 0 Å². The highest BCUT2D eigenvalue weighted by molar-refractivity contribution is 5.89. The molecule has 0 N–H and O–H groups in total. The number of nitrogens with zero attached hydrogens (tertiary/aromatic N) is 4. The molecule has 0 atom stereocenters. The third-order valence-corrected chi connectivity index (χ3v) is 4.55. The fraction of sp³-hybridized carbons (Fsp3) is 0.0833. The van der Waals surface area contributed by atoms with Crippen LogP contribution in [0, 0.1) is 0 Å². The summed E-state index contributed by atoms with van der Waals surface area (Å²) in [4.78, 5) is 11.5. The van der Waals surface area contributed by atoms with Gasteiger partial charge in [-0.2, -0.15) is 9.78 Å². The lowest BCUT2D eigenvalue weighted by atomic mass is 10.1. The van der Waals surface area contributed by atoms with E-state index in [1.54, 1.807) is 29.4 Å². The average Bonchev–Trinajstić information content (AvgIpc) is 3.31. The molecule has 0 radical (unpaired) electrons. The van der Waals surface area contributed by atoms with Crippen LogP contribution in [-0.2, 0) is 11.3 Å². The van der Waals surface area contributed by atoms with Crippen molar-refractivity contribution in [2.24, 2.45) is 5.10 Å². The van der Waals surface area contributed by atoms with Crippen molar-refractivity contribution in [1.82, 2.24) is 14.9 Å². The highest BCUT2D eigenvalue weighted by atomic mass is 16.5. The normalized spacial score (nSPS) is 10.9. The maximum atomic E-state index is 11.5. The van der Waals surface area contributed by atoms with E-state index in [1.165, 1.54) is 7.11 Å². The van der Waals surface area contributed by atoms with E-state index >= 15 is 0 Å². The predicted molar refractivity (Wildman–Crippen MR) is 117 cm³/mol. The fourth-order valence-corrected chi connectivity index (χ4v) is 2.89. The van der Waals surface area contributed by atoms with Crippen LogP contribution < -0.4 is 4.74 Å². The number of aromatic nitrogens is 3. The first-order valence-electron chi connectivity index (χ1n) is 9.63. The first-order valence-corrected chi connectivity index (χ1v) is 9.63. The van der Waals surface area contributed by atoms with Gasteiger partial charge in [0.15, 0.2) is 5.82 Å². The molecule has 0 unspecified atom stereocenters. The summed E-state index contributed by atoms with van der Waals surface area (Å²) < 4.78 is 12.2. The van der Waals surface area contributed by atoms with Crippen LogP contribution in [0.1, 0.15) is 21.5 Å². The number of esters is 1. The summed E-state index contributed by atoms with van der Waals surface area (Å²) >= 11 is 0. The summed E-state index contributed by atoms with van der Waals surface area (Å²) in [6.45, 7) is 0.399. The van der Waals surface area contributed by atoms with Crippen LogP contribution in [0.25, 0.3) is 11.4 Å². The van der Waals surface area contributed by atoms with E-state index in [9.17, 15) is 4.79 Å². The summed E-state index contributed by atoms with van der Waals surface area (Å²) in [5.74, 6) is 1.06. The molecule has 4 aromatic rings. The summed E-state index contributed by atoms with van der Waals surface area (Å²) in [6.07, 6.45) is 3.31. The zero-order valence-electron chi connectivity index (χ0n) is 16.9. The van der Waals surface area contributed by atoms with E-state index in [4.69, 9.17) is 9.47 Å². The third kappa shape index (κ3) is 5.02. The molecule has 154 valence electrons. The van der Waals surface area contributed by atoms with E-state index in [2.05, 4.69) is 15.3 Å². The second-order valence-corrected chi connectivity index (χ2v) is 6.66. The second kappa shape index (κ2) is 9.49. The van der Waals surface area contributed by atoms with Crippen molar-refractivity contribution in [3.63, 3.8) is 0 Å². The van der Waals surface area contributed by atoms with Crippen molar-refractivity contribution in [3.05, 3.63) is 102 Å². The molecule has 0 saturated carbocycles. The minimum atomic E-state index is -0.355. The topological polar surface area (TPSA) is 78.6 Å². The molecule has 7 nitrogen and oxygen atoms in total. The standard InChI is InChI=1S/C24H20N4O3/c1-30-24(29)21-11-7-19(8-12-21)16-31-22-13-9-18(10-14-22)15-26-28-17-25-27-23(28)20-5-3-2-4-6-20/h2-15,17H,16H2,1H3/b26-15-. The number of ether oxygens (including phenoxy) is 2. The van der Waals surface area contributed by atoms with E-state index in [1.807, 2.05) is 66.7 Å². The van der Waals surface area contributed by atoms with Crippen molar-refractivity contribution in [1.29, 1.82) is 0 Å². The lowest BCUT2D eigenvalue weighted by Gasteiger charge is -2.07. The molecule has 0 fully saturated rings. The Bertz CT molecular complexity index is 1170. The minimum absolute atomic E-state index is 0.355. The zero-order chi connectivity index (χ0) is 21.5. The molecule has 0 amide bonds. The number of carbonyl (C=O) groups excluding carboxylic acids is 1. The Kier molecular flexibility index (Phi) is 6.13. The molecule has 0 bridgehead atoms. The van der Waals surface area contributed by atoms with Crippen molar-refractivity contribution < 1.29 is 14.3 Å².